The van der Waals surface area contributed by atoms with Crippen molar-refractivity contribution in [3.8, 4) is 11.1 Å². The lowest BCUT2D eigenvalue weighted by Gasteiger charge is -2.17. The predicted molar refractivity (Wildman–Crippen MR) is 147 cm³/mol. The first kappa shape index (κ1) is 25.1. The number of carbonyl (C=O) groups is 4. The van der Waals surface area contributed by atoms with Gasteiger partial charge in [-0.05, 0) is 71.5 Å². The highest BCUT2D eigenvalue weighted by Gasteiger charge is 2.39. The van der Waals surface area contributed by atoms with Gasteiger partial charge in [-0.15, -0.1) is 0 Å². The van der Waals surface area contributed by atoms with Crippen LogP contribution in [0.15, 0.2) is 84.9 Å². The number of amides is 3. The van der Waals surface area contributed by atoms with E-state index in [1.165, 1.54) is 18.2 Å². The zero-order valence-corrected chi connectivity index (χ0v) is 21.8. The summed E-state index contributed by atoms with van der Waals surface area (Å²) in [5.74, 6) is -2.56. The van der Waals surface area contributed by atoms with Gasteiger partial charge in [-0.3, -0.25) is 14.9 Å². The fourth-order valence-electron chi connectivity index (χ4n) is 5.22. The molecule has 0 atom stereocenters. The Morgan fingerprint density at radius 3 is 1.82 bits per heavy atom. The molecule has 8 heteroatoms. The minimum Gasteiger partial charge on any atom is -0.448 e. The Hall–Kier alpha value is -5.24. The van der Waals surface area contributed by atoms with E-state index in [0.717, 1.165) is 33.4 Å². The highest BCUT2D eigenvalue weighted by molar-refractivity contribution is 6.21. The zero-order valence-electron chi connectivity index (χ0n) is 21.8. The van der Waals surface area contributed by atoms with E-state index in [2.05, 4.69) is 17.4 Å². The Morgan fingerprint density at radius 2 is 1.25 bits per heavy atom. The van der Waals surface area contributed by atoms with Crippen LogP contribution in [0.25, 0.3) is 11.1 Å². The number of hydrogen-bond acceptors (Lipinski definition) is 6. The van der Waals surface area contributed by atoms with Gasteiger partial charge in [0.1, 0.15) is 6.61 Å². The van der Waals surface area contributed by atoms with Crippen LogP contribution in [-0.4, -0.2) is 35.5 Å². The van der Waals surface area contributed by atoms with Gasteiger partial charge >= 0.3 is 12.1 Å². The average Bonchev–Trinajstić information content (AvgIpc) is 3.41. The van der Waals surface area contributed by atoms with Crippen LogP contribution in [0.5, 0.6) is 0 Å². The summed E-state index contributed by atoms with van der Waals surface area (Å²) in [5.41, 5.74) is 6.36. The Morgan fingerprint density at radius 1 is 0.750 bits per heavy atom. The van der Waals surface area contributed by atoms with Gasteiger partial charge in [0.2, 0.25) is 0 Å². The van der Waals surface area contributed by atoms with Crippen molar-refractivity contribution in [1.29, 1.82) is 0 Å². The van der Waals surface area contributed by atoms with E-state index in [0.29, 0.717) is 5.06 Å². The van der Waals surface area contributed by atoms with Gasteiger partial charge in [0, 0.05) is 5.92 Å². The number of nitrogens with zero attached hydrogens (tertiary/aromatic N) is 1. The van der Waals surface area contributed by atoms with E-state index in [4.69, 9.17) is 9.57 Å². The smallest absolute Gasteiger partial charge is 0.411 e. The van der Waals surface area contributed by atoms with Crippen LogP contribution in [-0.2, 0) is 9.57 Å². The molecular weight excluding hydrogens is 508 g/mol. The maximum absolute atomic E-state index is 13.2. The summed E-state index contributed by atoms with van der Waals surface area (Å²) in [6.45, 7) is 3.72. The van der Waals surface area contributed by atoms with Gasteiger partial charge in [0.25, 0.3) is 11.8 Å². The summed E-state index contributed by atoms with van der Waals surface area (Å²) in [6, 6.07) is 25.4. The van der Waals surface area contributed by atoms with Gasteiger partial charge in [-0.1, -0.05) is 65.7 Å². The SMILES string of the molecule is Cc1cc(NC(=O)OCC2c3ccccc3-c3ccccc32)c(C(=O)ON2C(=O)c3ccccc3C2=O)cc1C. The third-order valence-electron chi connectivity index (χ3n) is 7.37. The number of aryl methyl sites for hydroxylation is 2. The largest absolute Gasteiger partial charge is 0.448 e. The molecule has 1 heterocycles. The zero-order chi connectivity index (χ0) is 28.0. The van der Waals surface area contributed by atoms with Crippen molar-refractivity contribution in [2.45, 2.75) is 19.8 Å². The molecule has 0 fully saturated rings. The number of nitrogens with one attached hydrogen (secondary N) is 1. The Kier molecular flexibility index (Phi) is 6.15. The molecule has 40 heavy (non-hydrogen) atoms. The molecule has 1 N–H and O–H groups in total. The van der Waals surface area contributed by atoms with Crippen molar-refractivity contribution in [2.75, 3.05) is 11.9 Å². The number of imide groups is 1. The molecule has 1 aliphatic carbocycles. The highest BCUT2D eigenvalue weighted by atomic mass is 16.7. The third kappa shape index (κ3) is 4.19. The number of anilines is 1. The summed E-state index contributed by atoms with van der Waals surface area (Å²) in [5, 5.41) is 3.09. The number of carbonyl (C=O) groups excluding carboxylic acids is 4. The molecule has 2 aliphatic rings. The van der Waals surface area contributed by atoms with E-state index in [1.54, 1.807) is 25.1 Å². The molecule has 1 aliphatic heterocycles. The number of rotatable bonds is 5. The van der Waals surface area contributed by atoms with Gasteiger partial charge in [0.05, 0.1) is 22.4 Å². The van der Waals surface area contributed by atoms with Crippen molar-refractivity contribution in [2.24, 2.45) is 0 Å². The molecule has 0 unspecified atom stereocenters. The molecule has 0 radical (unpaired) electrons. The molecule has 8 nitrogen and oxygen atoms in total. The summed E-state index contributed by atoms with van der Waals surface area (Å²) >= 11 is 0. The number of benzene rings is 4. The summed E-state index contributed by atoms with van der Waals surface area (Å²) in [4.78, 5) is 56.8. The van der Waals surface area contributed by atoms with E-state index in [-0.39, 0.29) is 34.9 Å². The fraction of sp³-hybridized carbons (Fsp3) is 0.125. The second-order valence-corrected chi connectivity index (χ2v) is 9.76. The molecule has 3 amide bonds. The fourth-order valence-corrected chi connectivity index (χ4v) is 5.22. The van der Waals surface area contributed by atoms with Crippen molar-refractivity contribution < 1.29 is 28.8 Å². The maximum atomic E-state index is 13.2. The van der Waals surface area contributed by atoms with Crippen LogP contribution >= 0.6 is 0 Å². The van der Waals surface area contributed by atoms with Crippen LogP contribution in [0, 0.1) is 13.8 Å². The van der Waals surface area contributed by atoms with E-state index >= 15 is 0 Å². The molecular formula is C32H24N2O6. The monoisotopic (exact) mass is 532 g/mol. The first-order chi connectivity index (χ1) is 19.3. The Bertz CT molecular complexity index is 1650. The minimum atomic E-state index is -0.966. The second kappa shape index (κ2) is 9.81. The maximum Gasteiger partial charge on any atom is 0.411 e. The third-order valence-corrected chi connectivity index (χ3v) is 7.37. The molecule has 0 aromatic heterocycles. The first-order valence-electron chi connectivity index (χ1n) is 12.8. The number of hydrogen-bond donors (Lipinski definition) is 1. The molecule has 4 aromatic rings. The average molecular weight is 533 g/mol. The topological polar surface area (TPSA) is 102 Å². The number of fused-ring (bicyclic) bond motifs is 4. The second-order valence-electron chi connectivity index (χ2n) is 9.76. The van der Waals surface area contributed by atoms with E-state index < -0.39 is 23.9 Å². The molecule has 0 saturated heterocycles. The van der Waals surface area contributed by atoms with Gasteiger partial charge in [-0.25, -0.2) is 9.59 Å². The van der Waals surface area contributed by atoms with Gasteiger partial charge in [-0.2, -0.15) is 0 Å². The highest BCUT2D eigenvalue weighted by Crippen LogP contribution is 2.44. The van der Waals surface area contributed by atoms with Gasteiger partial charge < -0.3 is 9.57 Å². The summed E-state index contributed by atoms with van der Waals surface area (Å²) in [6.07, 6.45) is -0.750. The molecule has 0 bridgehead atoms. The normalized spacial score (nSPS) is 13.5. The molecule has 198 valence electrons. The summed E-state index contributed by atoms with van der Waals surface area (Å²) in [7, 11) is 0. The number of hydroxylamine groups is 2. The minimum absolute atomic E-state index is 0.0202. The van der Waals surface area contributed by atoms with E-state index in [9.17, 15) is 19.2 Å². The lowest BCUT2D eigenvalue weighted by molar-refractivity contribution is -0.0584. The number of ether oxygens (including phenoxy) is 1. The Balaban J connectivity index is 1.20. The van der Waals surface area contributed by atoms with Crippen molar-refractivity contribution >= 4 is 29.6 Å². The van der Waals surface area contributed by atoms with Crippen LogP contribution in [0.2, 0.25) is 0 Å². The van der Waals surface area contributed by atoms with Crippen LogP contribution in [0.3, 0.4) is 0 Å². The first-order valence-corrected chi connectivity index (χ1v) is 12.8. The molecule has 0 spiro atoms. The van der Waals surface area contributed by atoms with Crippen LogP contribution in [0.1, 0.15) is 59.2 Å². The van der Waals surface area contributed by atoms with Crippen LogP contribution in [0.4, 0.5) is 10.5 Å². The summed E-state index contributed by atoms with van der Waals surface area (Å²) < 4.78 is 5.64. The van der Waals surface area contributed by atoms with Crippen molar-refractivity contribution in [1.82, 2.24) is 5.06 Å². The van der Waals surface area contributed by atoms with Crippen molar-refractivity contribution in [3.63, 3.8) is 0 Å². The Labute approximate surface area is 230 Å². The molecule has 0 saturated carbocycles. The van der Waals surface area contributed by atoms with Gasteiger partial charge in [0.15, 0.2) is 0 Å². The standard InChI is InChI=1S/C32H24N2O6/c1-18-15-26(31(37)40-34-29(35)24-13-7-8-14-25(24)30(34)36)28(16-19(18)2)33-32(38)39-17-27-22-11-5-3-9-20(22)21-10-4-6-12-23(21)27/h3-16,27H,17H2,1-2H3,(H,33,38). The lowest BCUT2D eigenvalue weighted by atomic mass is 9.98. The van der Waals surface area contributed by atoms with Crippen LogP contribution < -0.4 is 5.32 Å². The molecule has 4 aromatic carbocycles. The van der Waals surface area contributed by atoms with E-state index in [1.807, 2.05) is 43.3 Å². The quantitative estimate of drug-likeness (QED) is 0.315. The predicted octanol–water partition coefficient (Wildman–Crippen LogP) is 6.03. The molecule has 6 rings (SSSR count). The van der Waals surface area contributed by atoms with Crippen molar-refractivity contribution in [3.05, 3.63) is 124 Å². The lowest BCUT2D eigenvalue weighted by Crippen LogP contribution is -2.33.